The molecule has 0 radical (unpaired) electrons. The quantitative estimate of drug-likeness (QED) is 0.908. The van der Waals surface area contributed by atoms with E-state index in [0.29, 0.717) is 10.6 Å². The number of aromatic nitrogens is 1. The van der Waals surface area contributed by atoms with Gasteiger partial charge >= 0.3 is 5.97 Å². The summed E-state index contributed by atoms with van der Waals surface area (Å²) in [6.45, 7) is 1.89. The lowest BCUT2D eigenvalue weighted by atomic mass is 10.1. The molecule has 0 atom stereocenters. The van der Waals surface area contributed by atoms with E-state index in [-0.39, 0.29) is 0 Å². The van der Waals surface area contributed by atoms with E-state index in [2.05, 4.69) is 4.98 Å². The Hall–Kier alpha value is -1.88. The zero-order valence-corrected chi connectivity index (χ0v) is 10.2. The van der Waals surface area contributed by atoms with E-state index in [1.54, 1.807) is 25.6 Å². The van der Waals surface area contributed by atoms with Crippen LogP contribution in [0.4, 0.5) is 0 Å². The predicted molar refractivity (Wildman–Crippen MR) is 65.8 cm³/mol. The van der Waals surface area contributed by atoms with Gasteiger partial charge in [0.05, 0.1) is 13.3 Å². The minimum Gasteiger partial charge on any atom is -0.495 e. The summed E-state index contributed by atoms with van der Waals surface area (Å²) in [6, 6.07) is 3.51. The third-order valence-corrected chi connectivity index (χ3v) is 3.61. The fourth-order valence-electron chi connectivity index (χ4n) is 1.53. The summed E-state index contributed by atoms with van der Waals surface area (Å²) in [6.07, 6.45) is 3.32. The van der Waals surface area contributed by atoms with Crippen LogP contribution in [0.5, 0.6) is 5.75 Å². The number of thiophene rings is 1. The van der Waals surface area contributed by atoms with Crippen LogP contribution in [0, 0.1) is 6.92 Å². The van der Waals surface area contributed by atoms with Crippen molar-refractivity contribution in [2.75, 3.05) is 7.11 Å². The van der Waals surface area contributed by atoms with Gasteiger partial charge in [-0.1, -0.05) is 0 Å². The maximum atomic E-state index is 10.9. The standard InChI is InChI=1S/C12H11NO3S/c1-7-3-10(12(14)15)17-11(7)8-4-9(16-2)6-13-5-8/h3-6H,1-2H3,(H,14,15). The number of nitrogens with zero attached hydrogens (tertiary/aromatic N) is 1. The van der Waals surface area contributed by atoms with Gasteiger partial charge in [-0.2, -0.15) is 0 Å². The van der Waals surface area contributed by atoms with Crippen LogP contribution in [0.2, 0.25) is 0 Å². The van der Waals surface area contributed by atoms with Crippen molar-refractivity contribution < 1.29 is 14.6 Å². The molecule has 0 aliphatic heterocycles. The maximum Gasteiger partial charge on any atom is 0.345 e. The van der Waals surface area contributed by atoms with Crippen LogP contribution in [0.1, 0.15) is 15.2 Å². The molecule has 0 unspecified atom stereocenters. The van der Waals surface area contributed by atoms with Crippen molar-refractivity contribution in [2.24, 2.45) is 0 Å². The van der Waals surface area contributed by atoms with Gasteiger partial charge in [-0.15, -0.1) is 11.3 Å². The van der Waals surface area contributed by atoms with Gasteiger partial charge in [0.15, 0.2) is 0 Å². The Balaban J connectivity index is 2.48. The topological polar surface area (TPSA) is 59.4 Å². The monoisotopic (exact) mass is 249 g/mol. The van der Waals surface area contributed by atoms with E-state index >= 15 is 0 Å². The average molecular weight is 249 g/mol. The van der Waals surface area contributed by atoms with Gasteiger partial charge in [-0.25, -0.2) is 4.79 Å². The Morgan fingerprint density at radius 1 is 1.41 bits per heavy atom. The lowest BCUT2D eigenvalue weighted by Gasteiger charge is -2.02. The highest BCUT2D eigenvalue weighted by molar-refractivity contribution is 7.17. The molecule has 0 aromatic carbocycles. The number of carboxylic acid groups (broad SMARTS) is 1. The lowest BCUT2D eigenvalue weighted by molar-refractivity contribution is 0.0702. The van der Waals surface area contributed by atoms with Gasteiger partial charge in [0.2, 0.25) is 0 Å². The number of pyridine rings is 1. The second kappa shape index (κ2) is 4.55. The molecule has 2 aromatic heterocycles. The Labute approximate surface area is 103 Å². The molecule has 0 saturated carbocycles. The summed E-state index contributed by atoms with van der Waals surface area (Å²) in [5.74, 6) is -0.243. The fraction of sp³-hybridized carbons (Fsp3) is 0.167. The van der Waals surface area contributed by atoms with Crippen LogP contribution >= 0.6 is 11.3 Å². The maximum absolute atomic E-state index is 10.9. The van der Waals surface area contributed by atoms with Crippen LogP contribution in [-0.4, -0.2) is 23.2 Å². The number of rotatable bonds is 3. The van der Waals surface area contributed by atoms with Gasteiger partial charge in [0, 0.05) is 16.6 Å². The summed E-state index contributed by atoms with van der Waals surface area (Å²) in [5, 5.41) is 8.94. The van der Waals surface area contributed by atoms with E-state index in [9.17, 15) is 4.79 Å². The molecule has 2 heterocycles. The fourth-order valence-corrected chi connectivity index (χ4v) is 2.52. The summed E-state index contributed by atoms with van der Waals surface area (Å²) in [5.41, 5.74) is 1.81. The molecule has 2 rings (SSSR count). The van der Waals surface area contributed by atoms with Crippen molar-refractivity contribution >= 4 is 17.3 Å². The van der Waals surface area contributed by atoms with Gasteiger partial charge in [0.25, 0.3) is 0 Å². The third-order valence-electron chi connectivity index (χ3n) is 2.34. The molecule has 0 aliphatic carbocycles. The van der Waals surface area contributed by atoms with E-state index < -0.39 is 5.97 Å². The molecule has 0 aliphatic rings. The zero-order chi connectivity index (χ0) is 12.4. The highest BCUT2D eigenvalue weighted by atomic mass is 32.1. The van der Waals surface area contributed by atoms with E-state index in [1.165, 1.54) is 11.3 Å². The van der Waals surface area contributed by atoms with Gasteiger partial charge in [-0.05, 0) is 24.6 Å². The van der Waals surface area contributed by atoms with Crippen molar-refractivity contribution in [1.82, 2.24) is 4.98 Å². The Bertz CT molecular complexity index is 563. The predicted octanol–water partition coefficient (Wildman–Crippen LogP) is 2.83. The normalized spacial score (nSPS) is 10.2. The van der Waals surface area contributed by atoms with Crippen LogP contribution in [0.25, 0.3) is 10.4 Å². The number of carboxylic acids is 1. The van der Waals surface area contributed by atoms with Gasteiger partial charge in [-0.3, -0.25) is 4.98 Å². The molecule has 0 saturated heterocycles. The van der Waals surface area contributed by atoms with Crippen molar-refractivity contribution in [3.63, 3.8) is 0 Å². The summed E-state index contributed by atoms with van der Waals surface area (Å²) in [4.78, 5) is 16.2. The largest absolute Gasteiger partial charge is 0.495 e. The van der Waals surface area contributed by atoms with Crippen LogP contribution in [-0.2, 0) is 0 Å². The Morgan fingerprint density at radius 2 is 2.18 bits per heavy atom. The molecule has 88 valence electrons. The second-order valence-electron chi connectivity index (χ2n) is 3.54. The number of hydrogen-bond acceptors (Lipinski definition) is 4. The van der Waals surface area contributed by atoms with Gasteiger partial charge in [0.1, 0.15) is 10.6 Å². The molecule has 2 aromatic rings. The smallest absolute Gasteiger partial charge is 0.345 e. The third kappa shape index (κ3) is 2.29. The first-order valence-corrected chi connectivity index (χ1v) is 5.76. The highest BCUT2D eigenvalue weighted by Crippen LogP contribution is 2.33. The van der Waals surface area contributed by atoms with E-state index in [4.69, 9.17) is 9.84 Å². The molecule has 17 heavy (non-hydrogen) atoms. The average Bonchev–Trinajstić information content (AvgIpc) is 2.72. The minimum atomic E-state index is -0.903. The van der Waals surface area contributed by atoms with Crippen LogP contribution in [0.15, 0.2) is 24.5 Å². The first-order chi connectivity index (χ1) is 8.11. The first kappa shape index (κ1) is 11.6. The summed E-state index contributed by atoms with van der Waals surface area (Å²) >= 11 is 1.24. The highest BCUT2D eigenvalue weighted by Gasteiger charge is 2.13. The molecule has 0 spiro atoms. The van der Waals surface area contributed by atoms with Crippen LogP contribution < -0.4 is 4.74 Å². The zero-order valence-electron chi connectivity index (χ0n) is 9.43. The first-order valence-electron chi connectivity index (χ1n) is 4.95. The molecule has 4 nitrogen and oxygen atoms in total. The van der Waals surface area contributed by atoms with Gasteiger partial charge < -0.3 is 9.84 Å². The molecule has 5 heteroatoms. The number of hydrogen-bond donors (Lipinski definition) is 1. The van der Waals surface area contributed by atoms with Crippen molar-refractivity contribution in [3.05, 3.63) is 35.0 Å². The Kier molecular flexibility index (Phi) is 3.10. The SMILES string of the molecule is COc1cncc(-c2sc(C(=O)O)cc2C)c1. The lowest BCUT2D eigenvalue weighted by Crippen LogP contribution is -1.89. The van der Waals surface area contributed by atoms with Crippen LogP contribution in [0.3, 0.4) is 0 Å². The Morgan fingerprint density at radius 3 is 2.76 bits per heavy atom. The summed E-state index contributed by atoms with van der Waals surface area (Å²) < 4.78 is 5.10. The van der Waals surface area contributed by atoms with Crippen molar-refractivity contribution in [3.8, 4) is 16.2 Å². The minimum absolute atomic E-state index is 0.334. The molecule has 0 fully saturated rings. The molecule has 1 N–H and O–H groups in total. The second-order valence-corrected chi connectivity index (χ2v) is 4.59. The number of ether oxygens (including phenoxy) is 1. The molecular formula is C12H11NO3S. The van der Waals surface area contributed by atoms with E-state index in [0.717, 1.165) is 16.0 Å². The number of aryl methyl sites for hydroxylation is 1. The molecule has 0 bridgehead atoms. The number of aromatic carboxylic acids is 1. The summed E-state index contributed by atoms with van der Waals surface area (Å²) in [7, 11) is 1.57. The van der Waals surface area contributed by atoms with Crippen molar-refractivity contribution in [1.29, 1.82) is 0 Å². The van der Waals surface area contributed by atoms with E-state index in [1.807, 2.05) is 13.0 Å². The van der Waals surface area contributed by atoms with Crippen molar-refractivity contribution in [2.45, 2.75) is 6.92 Å². The molecular weight excluding hydrogens is 238 g/mol. The number of carbonyl (C=O) groups is 1. The molecule has 0 amide bonds. The number of methoxy groups -OCH3 is 1.